The maximum Gasteiger partial charge on any atom is 0.227 e. The number of amides is 1. The van der Waals surface area contributed by atoms with E-state index in [2.05, 4.69) is 10.4 Å². The Morgan fingerprint density at radius 1 is 1.27 bits per heavy atom. The van der Waals surface area contributed by atoms with E-state index in [1.807, 2.05) is 24.4 Å². The Balaban J connectivity index is 0.00000196. The molecule has 4 rings (SSSR count). The fourth-order valence-corrected chi connectivity index (χ4v) is 4.70. The molecular formula is C19H24Cl2N4O. The van der Waals surface area contributed by atoms with Gasteiger partial charge in [-0.1, -0.05) is 18.0 Å². The zero-order valence-electron chi connectivity index (χ0n) is 14.5. The minimum Gasteiger partial charge on any atom is -0.327 e. The van der Waals surface area contributed by atoms with E-state index in [9.17, 15) is 4.79 Å². The Morgan fingerprint density at radius 2 is 2.00 bits per heavy atom. The van der Waals surface area contributed by atoms with E-state index < -0.39 is 0 Å². The van der Waals surface area contributed by atoms with Gasteiger partial charge in [0.1, 0.15) is 0 Å². The summed E-state index contributed by atoms with van der Waals surface area (Å²) >= 11 is 6.36. The number of nitrogens with two attached hydrogens (primary N) is 1. The summed E-state index contributed by atoms with van der Waals surface area (Å²) in [6.45, 7) is 0. The highest BCUT2D eigenvalue weighted by Gasteiger charge is 2.40. The van der Waals surface area contributed by atoms with Crippen LogP contribution in [-0.2, 0) is 4.79 Å². The molecule has 1 amide bonds. The normalized spacial score (nSPS) is 27.5. The average Bonchev–Trinajstić information content (AvgIpc) is 3.08. The first-order valence-corrected chi connectivity index (χ1v) is 9.35. The molecule has 3 N–H and O–H groups in total. The number of carbonyl (C=O) groups excluding carboxylic acids is 1. The van der Waals surface area contributed by atoms with Gasteiger partial charge in [0.15, 0.2) is 0 Å². The molecule has 2 bridgehead atoms. The highest BCUT2D eigenvalue weighted by molar-refractivity contribution is 6.32. The smallest absolute Gasteiger partial charge is 0.227 e. The third kappa shape index (κ3) is 3.75. The third-order valence-corrected chi connectivity index (χ3v) is 6.05. The minimum absolute atomic E-state index is 0. The van der Waals surface area contributed by atoms with Crippen LogP contribution in [0.2, 0.25) is 5.02 Å². The van der Waals surface area contributed by atoms with Crippen LogP contribution in [0.4, 0.5) is 5.69 Å². The molecule has 2 aliphatic rings. The van der Waals surface area contributed by atoms with Crippen molar-refractivity contribution in [3.8, 4) is 5.69 Å². The summed E-state index contributed by atoms with van der Waals surface area (Å²) in [5, 5.41) is 7.78. The van der Waals surface area contributed by atoms with Gasteiger partial charge in [0.2, 0.25) is 5.91 Å². The molecule has 0 spiro atoms. The predicted molar refractivity (Wildman–Crippen MR) is 106 cm³/mol. The van der Waals surface area contributed by atoms with Crippen LogP contribution in [-0.4, -0.2) is 21.7 Å². The molecule has 2 unspecified atom stereocenters. The van der Waals surface area contributed by atoms with Crippen LogP contribution in [0.3, 0.4) is 0 Å². The molecule has 2 atom stereocenters. The highest BCUT2D eigenvalue weighted by atomic mass is 35.5. The van der Waals surface area contributed by atoms with Crippen molar-refractivity contribution in [2.45, 2.75) is 38.1 Å². The first-order chi connectivity index (χ1) is 12.1. The van der Waals surface area contributed by atoms with Crippen molar-refractivity contribution in [2.24, 2.45) is 23.5 Å². The summed E-state index contributed by atoms with van der Waals surface area (Å²) in [5.41, 5.74) is 7.85. The fourth-order valence-electron chi connectivity index (χ4n) is 4.43. The lowest BCUT2D eigenvalue weighted by atomic mass is 9.65. The van der Waals surface area contributed by atoms with E-state index in [4.69, 9.17) is 17.3 Å². The fraction of sp³-hybridized carbons (Fsp3) is 0.474. The summed E-state index contributed by atoms with van der Waals surface area (Å²) in [4.78, 5) is 12.7. The van der Waals surface area contributed by atoms with Crippen molar-refractivity contribution < 1.29 is 4.79 Å². The second-order valence-corrected chi connectivity index (χ2v) is 7.71. The number of nitrogens with zero attached hydrogens (tertiary/aromatic N) is 2. The molecule has 1 heterocycles. The molecular weight excluding hydrogens is 371 g/mol. The number of anilines is 1. The van der Waals surface area contributed by atoms with Crippen LogP contribution in [0.25, 0.3) is 5.69 Å². The zero-order valence-corrected chi connectivity index (χ0v) is 16.0. The quantitative estimate of drug-likeness (QED) is 0.824. The van der Waals surface area contributed by atoms with Gasteiger partial charge in [0, 0.05) is 30.0 Å². The van der Waals surface area contributed by atoms with Crippen molar-refractivity contribution in [3.63, 3.8) is 0 Å². The number of nitrogens with one attached hydrogen (secondary N) is 1. The summed E-state index contributed by atoms with van der Waals surface area (Å²) in [6, 6.07) is 7.65. The van der Waals surface area contributed by atoms with Crippen LogP contribution in [0.1, 0.15) is 32.1 Å². The molecule has 26 heavy (non-hydrogen) atoms. The SMILES string of the molecule is Cl.NC1C2CCCC1CC(C(=O)Nc1ccc(-n3cccn3)c(Cl)c1)C2. The molecule has 2 fully saturated rings. The number of rotatable bonds is 3. The van der Waals surface area contributed by atoms with Gasteiger partial charge in [-0.2, -0.15) is 5.10 Å². The molecule has 5 nitrogen and oxygen atoms in total. The van der Waals surface area contributed by atoms with Crippen LogP contribution < -0.4 is 11.1 Å². The van der Waals surface area contributed by atoms with Gasteiger partial charge in [-0.3, -0.25) is 4.79 Å². The maximum atomic E-state index is 12.7. The number of carbonyl (C=O) groups is 1. The number of aromatic nitrogens is 2. The zero-order chi connectivity index (χ0) is 17.4. The van der Waals surface area contributed by atoms with Crippen molar-refractivity contribution in [1.29, 1.82) is 0 Å². The molecule has 1 aromatic heterocycles. The standard InChI is InChI=1S/C19H23ClN4O.ClH/c20-16-11-15(5-6-17(16)24-8-2-7-22-24)23-19(25)14-9-12-3-1-4-13(10-14)18(12)21;/h2,5-8,11-14,18H,1,3-4,9-10,21H2,(H,23,25);1H. The van der Waals surface area contributed by atoms with E-state index in [-0.39, 0.29) is 30.3 Å². The van der Waals surface area contributed by atoms with E-state index in [0.717, 1.165) is 37.1 Å². The summed E-state index contributed by atoms with van der Waals surface area (Å²) in [5.74, 6) is 1.13. The average molecular weight is 395 g/mol. The lowest BCUT2D eigenvalue weighted by Crippen LogP contribution is -2.48. The van der Waals surface area contributed by atoms with Gasteiger partial charge >= 0.3 is 0 Å². The topological polar surface area (TPSA) is 72.9 Å². The number of hydrogen-bond donors (Lipinski definition) is 2. The molecule has 7 heteroatoms. The van der Waals surface area contributed by atoms with Crippen molar-refractivity contribution >= 4 is 35.6 Å². The molecule has 1 aromatic carbocycles. The predicted octanol–water partition coefficient (Wildman–Crippen LogP) is 4.04. The first kappa shape index (κ1) is 19.2. The van der Waals surface area contributed by atoms with Gasteiger partial charge in [-0.15, -0.1) is 12.4 Å². The number of halogens is 2. The molecule has 0 saturated heterocycles. The lowest BCUT2D eigenvalue weighted by Gasteiger charge is -2.43. The molecule has 140 valence electrons. The van der Waals surface area contributed by atoms with E-state index in [1.54, 1.807) is 16.9 Å². The number of benzene rings is 1. The van der Waals surface area contributed by atoms with Crippen LogP contribution in [0.5, 0.6) is 0 Å². The Labute approximate surface area is 164 Å². The summed E-state index contributed by atoms with van der Waals surface area (Å²) in [6.07, 6.45) is 8.92. The summed E-state index contributed by atoms with van der Waals surface area (Å²) in [7, 11) is 0. The van der Waals surface area contributed by atoms with E-state index in [0.29, 0.717) is 16.9 Å². The Bertz CT molecular complexity index is 751. The monoisotopic (exact) mass is 394 g/mol. The van der Waals surface area contributed by atoms with E-state index in [1.165, 1.54) is 6.42 Å². The molecule has 0 aliphatic heterocycles. The Kier molecular flexibility index (Phi) is 5.90. The maximum absolute atomic E-state index is 12.7. The largest absolute Gasteiger partial charge is 0.327 e. The molecule has 2 aromatic rings. The van der Waals surface area contributed by atoms with Crippen molar-refractivity contribution in [1.82, 2.24) is 9.78 Å². The van der Waals surface area contributed by atoms with Gasteiger partial charge < -0.3 is 11.1 Å². The summed E-state index contributed by atoms with van der Waals surface area (Å²) < 4.78 is 1.71. The second kappa shape index (κ2) is 7.99. The Morgan fingerprint density at radius 3 is 2.62 bits per heavy atom. The van der Waals surface area contributed by atoms with Gasteiger partial charge in [-0.25, -0.2) is 4.68 Å². The first-order valence-electron chi connectivity index (χ1n) is 8.98. The van der Waals surface area contributed by atoms with Crippen molar-refractivity contribution in [3.05, 3.63) is 41.7 Å². The number of hydrogen-bond acceptors (Lipinski definition) is 3. The number of fused-ring (bicyclic) bond motifs is 2. The second-order valence-electron chi connectivity index (χ2n) is 7.30. The van der Waals surface area contributed by atoms with Gasteiger partial charge in [-0.05, 0) is 61.8 Å². The minimum atomic E-state index is 0. The van der Waals surface area contributed by atoms with Gasteiger partial charge in [0.05, 0.1) is 10.7 Å². The lowest BCUT2D eigenvalue weighted by molar-refractivity contribution is -0.122. The van der Waals surface area contributed by atoms with Crippen LogP contribution in [0, 0.1) is 17.8 Å². The molecule has 0 radical (unpaired) electrons. The van der Waals surface area contributed by atoms with E-state index >= 15 is 0 Å². The van der Waals surface area contributed by atoms with Crippen LogP contribution in [0.15, 0.2) is 36.7 Å². The third-order valence-electron chi connectivity index (χ3n) is 5.75. The van der Waals surface area contributed by atoms with Gasteiger partial charge in [0.25, 0.3) is 0 Å². The molecule has 2 saturated carbocycles. The highest BCUT2D eigenvalue weighted by Crippen LogP contribution is 2.42. The molecule has 2 aliphatic carbocycles. The Hall–Kier alpha value is -1.56. The van der Waals surface area contributed by atoms with Crippen LogP contribution >= 0.6 is 24.0 Å². The van der Waals surface area contributed by atoms with Crippen molar-refractivity contribution in [2.75, 3.05) is 5.32 Å².